The van der Waals surface area contributed by atoms with Crippen LogP contribution in [0.5, 0.6) is 0 Å². The monoisotopic (exact) mass is 429 g/mol. The molecule has 0 saturated heterocycles. The minimum absolute atomic E-state index is 0.105. The predicted octanol–water partition coefficient (Wildman–Crippen LogP) is 4.45. The number of aryl methyl sites for hydroxylation is 3. The summed E-state index contributed by atoms with van der Waals surface area (Å²) in [7, 11) is 0. The summed E-state index contributed by atoms with van der Waals surface area (Å²) in [6, 6.07) is 6.21. The van der Waals surface area contributed by atoms with E-state index < -0.39 is 0 Å². The first-order valence-corrected chi connectivity index (χ1v) is 11.1. The maximum Gasteiger partial charge on any atom is 0.311 e. The summed E-state index contributed by atoms with van der Waals surface area (Å²) in [5, 5.41) is 6.96. The van der Waals surface area contributed by atoms with E-state index in [4.69, 9.17) is 9.72 Å². The number of nitrogens with zero attached hydrogens (tertiary/aromatic N) is 2. The highest BCUT2D eigenvalue weighted by Crippen LogP contribution is 2.27. The number of fused-ring (bicyclic) bond motifs is 1. The molecule has 0 saturated carbocycles. The zero-order valence-corrected chi connectivity index (χ0v) is 18.5. The second-order valence-electron chi connectivity index (χ2n) is 6.64. The molecule has 0 fully saturated rings. The van der Waals surface area contributed by atoms with E-state index in [-0.39, 0.29) is 24.1 Å². The van der Waals surface area contributed by atoms with Crippen LogP contribution in [-0.2, 0) is 20.7 Å². The lowest BCUT2D eigenvalue weighted by molar-refractivity contribution is -0.142. The molecule has 0 atom stereocenters. The van der Waals surface area contributed by atoms with Crippen LogP contribution in [0.15, 0.2) is 28.6 Å². The molecule has 3 aromatic rings. The highest BCUT2D eigenvalue weighted by atomic mass is 32.2. The number of pyridine rings is 1. The topological polar surface area (TPSA) is 81.2 Å². The molecule has 29 heavy (non-hydrogen) atoms. The number of aromatic nitrogens is 2. The Bertz CT molecular complexity index is 1060. The van der Waals surface area contributed by atoms with Crippen LogP contribution in [0.25, 0.3) is 10.9 Å². The number of carbonyl (C=O) groups is 2. The van der Waals surface area contributed by atoms with Crippen LogP contribution in [0.3, 0.4) is 0 Å². The fraction of sp³-hybridized carbons (Fsp3) is 0.333. The van der Waals surface area contributed by atoms with Crippen LogP contribution in [0, 0.1) is 20.8 Å². The molecular weight excluding hydrogens is 406 g/mol. The Hall–Kier alpha value is -2.45. The number of anilines is 1. The molecule has 0 aliphatic heterocycles. The van der Waals surface area contributed by atoms with Crippen molar-refractivity contribution in [1.29, 1.82) is 0 Å². The van der Waals surface area contributed by atoms with E-state index in [0.717, 1.165) is 27.1 Å². The van der Waals surface area contributed by atoms with E-state index >= 15 is 0 Å². The van der Waals surface area contributed by atoms with E-state index in [2.05, 4.69) is 43.2 Å². The highest BCUT2D eigenvalue weighted by molar-refractivity contribution is 7.99. The molecule has 2 heterocycles. The van der Waals surface area contributed by atoms with Gasteiger partial charge in [0.25, 0.3) is 0 Å². The second kappa shape index (κ2) is 9.37. The van der Waals surface area contributed by atoms with E-state index in [9.17, 15) is 9.59 Å². The van der Waals surface area contributed by atoms with Crippen LogP contribution in [0.2, 0.25) is 0 Å². The number of nitrogens with one attached hydrogen (secondary N) is 1. The Morgan fingerprint density at radius 1 is 1.17 bits per heavy atom. The van der Waals surface area contributed by atoms with Gasteiger partial charge in [-0.2, -0.15) is 0 Å². The van der Waals surface area contributed by atoms with Gasteiger partial charge in [-0.25, -0.2) is 9.97 Å². The minimum atomic E-state index is -0.325. The number of hydrogen-bond donors (Lipinski definition) is 1. The van der Waals surface area contributed by atoms with E-state index in [1.165, 1.54) is 28.7 Å². The molecule has 6 nitrogen and oxygen atoms in total. The molecule has 1 N–H and O–H groups in total. The van der Waals surface area contributed by atoms with Gasteiger partial charge in [0.1, 0.15) is 0 Å². The molecule has 3 rings (SSSR count). The third kappa shape index (κ3) is 5.33. The largest absolute Gasteiger partial charge is 0.466 e. The number of rotatable bonds is 7. The lowest BCUT2D eigenvalue weighted by Crippen LogP contribution is -2.14. The van der Waals surface area contributed by atoms with Crippen LogP contribution < -0.4 is 5.32 Å². The van der Waals surface area contributed by atoms with Crippen LogP contribution in [0.1, 0.15) is 29.3 Å². The van der Waals surface area contributed by atoms with Gasteiger partial charge in [-0.1, -0.05) is 23.9 Å². The van der Waals surface area contributed by atoms with Crippen LogP contribution in [-0.4, -0.2) is 34.2 Å². The molecule has 0 aliphatic rings. The number of esters is 1. The molecule has 0 bridgehead atoms. The minimum Gasteiger partial charge on any atom is -0.466 e. The summed E-state index contributed by atoms with van der Waals surface area (Å²) in [6.45, 7) is 8.30. The number of thiazole rings is 1. The smallest absolute Gasteiger partial charge is 0.311 e. The first kappa shape index (κ1) is 21.3. The second-order valence-corrected chi connectivity index (χ2v) is 8.50. The summed E-state index contributed by atoms with van der Waals surface area (Å²) < 4.78 is 4.91. The van der Waals surface area contributed by atoms with Gasteiger partial charge in [-0.05, 0) is 50.5 Å². The molecule has 1 amide bonds. The van der Waals surface area contributed by atoms with E-state index in [0.29, 0.717) is 17.4 Å². The van der Waals surface area contributed by atoms with Gasteiger partial charge in [-0.15, -0.1) is 11.3 Å². The lowest BCUT2D eigenvalue weighted by atomic mass is 10.0. The molecule has 0 unspecified atom stereocenters. The van der Waals surface area contributed by atoms with Gasteiger partial charge in [0.05, 0.1) is 35.0 Å². The quantitative estimate of drug-likeness (QED) is 0.441. The molecular formula is C21H23N3O3S2. The van der Waals surface area contributed by atoms with Gasteiger partial charge in [0, 0.05) is 10.8 Å². The molecule has 0 spiro atoms. The number of benzene rings is 1. The van der Waals surface area contributed by atoms with Crippen molar-refractivity contribution >= 4 is 51.0 Å². The fourth-order valence-corrected chi connectivity index (χ4v) is 4.34. The van der Waals surface area contributed by atoms with Gasteiger partial charge >= 0.3 is 5.97 Å². The number of amides is 1. The van der Waals surface area contributed by atoms with Crippen molar-refractivity contribution in [3.8, 4) is 0 Å². The Kier molecular flexibility index (Phi) is 6.87. The van der Waals surface area contributed by atoms with Crippen molar-refractivity contribution in [1.82, 2.24) is 9.97 Å². The Labute approximate surface area is 178 Å². The zero-order valence-electron chi connectivity index (χ0n) is 16.9. The molecule has 152 valence electrons. The van der Waals surface area contributed by atoms with Gasteiger partial charge in [0.15, 0.2) is 5.13 Å². The van der Waals surface area contributed by atoms with Gasteiger partial charge in [0.2, 0.25) is 5.91 Å². The van der Waals surface area contributed by atoms with Crippen molar-refractivity contribution in [2.75, 3.05) is 17.7 Å². The van der Waals surface area contributed by atoms with Crippen LogP contribution in [0.4, 0.5) is 5.13 Å². The number of ether oxygens (including phenoxy) is 1. The maximum absolute atomic E-state index is 12.3. The van der Waals surface area contributed by atoms with Crippen LogP contribution >= 0.6 is 23.1 Å². The summed E-state index contributed by atoms with van der Waals surface area (Å²) >= 11 is 2.69. The molecule has 2 aromatic heterocycles. The summed E-state index contributed by atoms with van der Waals surface area (Å²) in [4.78, 5) is 32.8. The Balaban J connectivity index is 1.62. The van der Waals surface area contributed by atoms with Crippen molar-refractivity contribution in [3.05, 3.63) is 46.0 Å². The third-order valence-corrected chi connectivity index (χ3v) is 6.19. The molecule has 1 aromatic carbocycles. The fourth-order valence-electron chi connectivity index (χ4n) is 2.84. The summed E-state index contributed by atoms with van der Waals surface area (Å²) in [5.41, 5.74) is 5.08. The SMILES string of the molecule is CCOC(=O)Cc1csc(NC(=O)CSc2cc(C)c3ccc(C)c(C)c3n2)n1. The maximum atomic E-state index is 12.3. The van der Waals surface area contributed by atoms with Gasteiger partial charge in [-0.3, -0.25) is 9.59 Å². The van der Waals surface area contributed by atoms with Crippen molar-refractivity contribution in [3.63, 3.8) is 0 Å². The number of thioether (sulfide) groups is 1. The standard InChI is InChI=1S/C21H23N3O3S2/c1-5-27-19(26)9-15-10-29-21(22-15)23-17(25)11-28-18-8-13(3)16-7-6-12(2)14(4)20(16)24-18/h6-8,10H,5,9,11H2,1-4H3,(H,22,23,25). The predicted molar refractivity (Wildman–Crippen MR) is 118 cm³/mol. The van der Waals surface area contributed by atoms with Crippen molar-refractivity contribution in [2.24, 2.45) is 0 Å². The zero-order chi connectivity index (χ0) is 21.0. The lowest BCUT2D eigenvalue weighted by Gasteiger charge is -2.10. The first-order chi connectivity index (χ1) is 13.9. The molecule has 0 aliphatic carbocycles. The average molecular weight is 430 g/mol. The summed E-state index contributed by atoms with van der Waals surface area (Å²) in [6.07, 6.45) is 0.105. The normalized spacial score (nSPS) is 10.9. The average Bonchev–Trinajstić information content (AvgIpc) is 3.10. The van der Waals surface area contributed by atoms with Crippen molar-refractivity contribution < 1.29 is 14.3 Å². The Morgan fingerprint density at radius 3 is 2.72 bits per heavy atom. The highest BCUT2D eigenvalue weighted by Gasteiger charge is 2.12. The molecule has 0 radical (unpaired) electrons. The summed E-state index contributed by atoms with van der Waals surface area (Å²) in [5.74, 6) is -0.252. The van der Waals surface area contributed by atoms with Crippen molar-refractivity contribution in [2.45, 2.75) is 39.1 Å². The van der Waals surface area contributed by atoms with E-state index in [1.807, 2.05) is 6.07 Å². The molecule has 8 heteroatoms. The third-order valence-electron chi connectivity index (χ3n) is 4.47. The van der Waals surface area contributed by atoms with Gasteiger partial charge < -0.3 is 10.1 Å². The van der Waals surface area contributed by atoms with E-state index in [1.54, 1.807) is 12.3 Å². The Morgan fingerprint density at radius 2 is 1.97 bits per heavy atom. The number of hydrogen-bond acceptors (Lipinski definition) is 7. The number of carbonyl (C=O) groups excluding carboxylic acids is 2. The first-order valence-electron chi connectivity index (χ1n) is 9.27.